The van der Waals surface area contributed by atoms with E-state index in [0.717, 1.165) is 22.4 Å². The van der Waals surface area contributed by atoms with E-state index in [9.17, 15) is 4.79 Å². The Labute approximate surface area is 141 Å². The fourth-order valence-electron chi connectivity index (χ4n) is 3.01. The molecule has 24 heavy (non-hydrogen) atoms. The van der Waals surface area contributed by atoms with Gasteiger partial charge in [0, 0.05) is 0 Å². The molecule has 2 aromatic rings. The summed E-state index contributed by atoms with van der Waals surface area (Å²) in [6.07, 6.45) is 0.337. The van der Waals surface area contributed by atoms with E-state index in [1.165, 1.54) is 0 Å². The molecule has 0 radical (unpaired) electrons. The van der Waals surface area contributed by atoms with Crippen molar-refractivity contribution in [3.05, 3.63) is 53.1 Å². The highest BCUT2D eigenvalue weighted by Gasteiger charge is 2.27. The van der Waals surface area contributed by atoms with Crippen molar-refractivity contribution in [3.8, 4) is 17.2 Å². The predicted molar refractivity (Wildman–Crippen MR) is 90.8 cm³/mol. The zero-order valence-corrected chi connectivity index (χ0v) is 14.1. The standard InChI is InChI=1S/C19H21NO4/c1-4-24-14-7-5-12(6-8-14)19-15-11-17(23-3)16(22-2)9-13(15)10-18(21)20-19/h5-9,11,19H,4,10H2,1-3H3,(H,20,21)/t19-/m0/s1. The van der Waals surface area contributed by atoms with Crippen LogP contribution in [0.25, 0.3) is 0 Å². The zero-order valence-electron chi connectivity index (χ0n) is 14.1. The first-order valence-electron chi connectivity index (χ1n) is 7.93. The molecule has 0 unspecified atom stereocenters. The third-order valence-corrected chi connectivity index (χ3v) is 4.14. The molecule has 5 heteroatoms. The van der Waals surface area contributed by atoms with Gasteiger partial charge in [-0.25, -0.2) is 0 Å². The van der Waals surface area contributed by atoms with Gasteiger partial charge in [-0.2, -0.15) is 0 Å². The molecule has 0 bridgehead atoms. The van der Waals surface area contributed by atoms with Crippen molar-refractivity contribution in [3.63, 3.8) is 0 Å². The summed E-state index contributed by atoms with van der Waals surface area (Å²) >= 11 is 0. The van der Waals surface area contributed by atoms with Gasteiger partial charge in [0.1, 0.15) is 5.75 Å². The monoisotopic (exact) mass is 327 g/mol. The van der Waals surface area contributed by atoms with E-state index in [0.29, 0.717) is 24.5 Å². The van der Waals surface area contributed by atoms with Crippen molar-refractivity contribution in [2.24, 2.45) is 0 Å². The van der Waals surface area contributed by atoms with Crippen molar-refractivity contribution in [1.82, 2.24) is 5.32 Å². The molecule has 0 fully saturated rings. The minimum absolute atomic E-state index is 0.00592. The minimum Gasteiger partial charge on any atom is -0.494 e. The Hall–Kier alpha value is -2.69. The summed E-state index contributed by atoms with van der Waals surface area (Å²) in [5.74, 6) is 2.10. The van der Waals surface area contributed by atoms with Gasteiger partial charge < -0.3 is 19.5 Å². The lowest BCUT2D eigenvalue weighted by Gasteiger charge is -2.28. The van der Waals surface area contributed by atoms with E-state index in [1.54, 1.807) is 14.2 Å². The molecule has 1 atom stereocenters. The van der Waals surface area contributed by atoms with Gasteiger partial charge in [-0.05, 0) is 47.9 Å². The average molecular weight is 327 g/mol. The van der Waals surface area contributed by atoms with E-state index < -0.39 is 0 Å². The van der Waals surface area contributed by atoms with Crippen molar-refractivity contribution >= 4 is 5.91 Å². The maximum atomic E-state index is 12.1. The number of carbonyl (C=O) groups is 1. The second kappa shape index (κ2) is 6.83. The summed E-state index contributed by atoms with van der Waals surface area (Å²) in [6.45, 7) is 2.57. The number of fused-ring (bicyclic) bond motifs is 1. The lowest BCUT2D eigenvalue weighted by atomic mass is 9.89. The van der Waals surface area contributed by atoms with Gasteiger partial charge in [0.15, 0.2) is 11.5 Å². The number of carbonyl (C=O) groups excluding carboxylic acids is 1. The fraction of sp³-hybridized carbons (Fsp3) is 0.316. The Kier molecular flexibility index (Phi) is 4.60. The number of rotatable bonds is 5. The molecule has 0 saturated carbocycles. The van der Waals surface area contributed by atoms with Gasteiger partial charge in [0.25, 0.3) is 0 Å². The first-order chi connectivity index (χ1) is 11.7. The second-order valence-corrected chi connectivity index (χ2v) is 5.59. The average Bonchev–Trinajstić information content (AvgIpc) is 2.60. The Morgan fingerprint density at radius 3 is 2.38 bits per heavy atom. The van der Waals surface area contributed by atoms with E-state index >= 15 is 0 Å². The summed E-state index contributed by atoms with van der Waals surface area (Å²) < 4.78 is 16.2. The van der Waals surface area contributed by atoms with Gasteiger partial charge in [0.05, 0.1) is 33.3 Å². The van der Waals surface area contributed by atoms with Crippen LogP contribution in [0.3, 0.4) is 0 Å². The highest BCUT2D eigenvalue weighted by atomic mass is 16.5. The van der Waals surface area contributed by atoms with E-state index in [-0.39, 0.29) is 11.9 Å². The molecule has 0 saturated heterocycles. The summed E-state index contributed by atoms with van der Waals surface area (Å²) in [4.78, 5) is 12.1. The number of nitrogens with one attached hydrogen (secondary N) is 1. The Balaban J connectivity index is 2.02. The van der Waals surface area contributed by atoms with E-state index in [2.05, 4.69) is 5.32 Å². The summed E-state index contributed by atoms with van der Waals surface area (Å²) in [5, 5.41) is 3.05. The Morgan fingerprint density at radius 2 is 1.75 bits per heavy atom. The van der Waals surface area contributed by atoms with Crippen molar-refractivity contribution < 1.29 is 19.0 Å². The van der Waals surface area contributed by atoms with Gasteiger partial charge in [0.2, 0.25) is 5.91 Å². The van der Waals surface area contributed by atoms with Crippen LogP contribution in [0.2, 0.25) is 0 Å². The van der Waals surface area contributed by atoms with Gasteiger partial charge >= 0.3 is 0 Å². The van der Waals surface area contributed by atoms with Crippen LogP contribution in [-0.4, -0.2) is 26.7 Å². The van der Waals surface area contributed by atoms with E-state index in [4.69, 9.17) is 14.2 Å². The van der Waals surface area contributed by atoms with Gasteiger partial charge in [-0.3, -0.25) is 4.79 Å². The lowest BCUT2D eigenvalue weighted by molar-refractivity contribution is -0.121. The smallest absolute Gasteiger partial charge is 0.225 e. The number of hydrogen-bond donors (Lipinski definition) is 1. The number of ether oxygens (including phenoxy) is 3. The molecule has 5 nitrogen and oxygen atoms in total. The Bertz CT molecular complexity index is 740. The van der Waals surface area contributed by atoms with Crippen LogP contribution >= 0.6 is 0 Å². The number of hydrogen-bond acceptors (Lipinski definition) is 4. The maximum Gasteiger partial charge on any atom is 0.225 e. The molecule has 3 rings (SSSR count). The summed E-state index contributed by atoms with van der Waals surface area (Å²) in [5.41, 5.74) is 2.98. The van der Waals surface area contributed by atoms with Gasteiger partial charge in [-0.1, -0.05) is 12.1 Å². The predicted octanol–water partition coefficient (Wildman–Crippen LogP) is 2.86. The number of amides is 1. The van der Waals surface area contributed by atoms with Crippen LogP contribution in [0.5, 0.6) is 17.2 Å². The molecule has 1 aliphatic heterocycles. The normalized spacial score (nSPS) is 16.1. The van der Waals surface area contributed by atoms with Crippen molar-refractivity contribution in [1.29, 1.82) is 0 Å². The molecule has 2 aromatic carbocycles. The Morgan fingerprint density at radius 1 is 1.08 bits per heavy atom. The quantitative estimate of drug-likeness (QED) is 0.917. The number of benzene rings is 2. The van der Waals surface area contributed by atoms with Crippen LogP contribution in [0.1, 0.15) is 29.7 Å². The van der Waals surface area contributed by atoms with Crippen LogP contribution in [0, 0.1) is 0 Å². The van der Waals surface area contributed by atoms with Crippen LogP contribution in [0.4, 0.5) is 0 Å². The highest BCUT2D eigenvalue weighted by Crippen LogP contribution is 2.37. The third kappa shape index (κ3) is 3.02. The topological polar surface area (TPSA) is 56.8 Å². The zero-order chi connectivity index (χ0) is 17.1. The molecule has 126 valence electrons. The third-order valence-electron chi connectivity index (χ3n) is 4.14. The van der Waals surface area contributed by atoms with Crippen molar-refractivity contribution in [2.75, 3.05) is 20.8 Å². The molecule has 0 spiro atoms. The fourth-order valence-corrected chi connectivity index (χ4v) is 3.01. The van der Waals surface area contributed by atoms with E-state index in [1.807, 2.05) is 43.3 Å². The first-order valence-corrected chi connectivity index (χ1v) is 7.93. The molecule has 0 aromatic heterocycles. The molecule has 0 aliphatic carbocycles. The molecular weight excluding hydrogens is 306 g/mol. The minimum atomic E-state index is -0.211. The SMILES string of the molecule is CCOc1ccc([C@@H]2NC(=O)Cc3cc(OC)c(OC)cc32)cc1. The summed E-state index contributed by atoms with van der Waals surface area (Å²) in [6, 6.07) is 11.4. The lowest BCUT2D eigenvalue weighted by Crippen LogP contribution is -2.35. The van der Waals surface area contributed by atoms with Crippen LogP contribution in [0.15, 0.2) is 36.4 Å². The second-order valence-electron chi connectivity index (χ2n) is 5.59. The van der Waals surface area contributed by atoms with Crippen molar-refractivity contribution in [2.45, 2.75) is 19.4 Å². The number of methoxy groups -OCH3 is 2. The molecule has 1 aliphatic rings. The summed E-state index contributed by atoms with van der Waals surface area (Å²) in [7, 11) is 3.20. The maximum absolute atomic E-state index is 12.1. The molecule has 1 heterocycles. The van der Waals surface area contributed by atoms with Crippen LogP contribution in [-0.2, 0) is 11.2 Å². The highest BCUT2D eigenvalue weighted by molar-refractivity contribution is 5.82. The molecule has 1 N–H and O–H groups in total. The first kappa shape index (κ1) is 16.2. The molecule has 1 amide bonds. The van der Waals surface area contributed by atoms with Gasteiger partial charge in [-0.15, -0.1) is 0 Å². The molecular formula is C19H21NO4. The largest absolute Gasteiger partial charge is 0.494 e. The van der Waals surface area contributed by atoms with Crippen LogP contribution < -0.4 is 19.5 Å².